The van der Waals surface area contributed by atoms with Gasteiger partial charge in [-0.05, 0) is 37.6 Å². The monoisotopic (exact) mass is 313 g/mol. The largest absolute Gasteiger partial charge is 0.314 e. The van der Waals surface area contributed by atoms with Crippen LogP contribution in [-0.2, 0) is 11.2 Å². The van der Waals surface area contributed by atoms with Crippen LogP contribution >= 0.6 is 23.2 Å². The van der Waals surface area contributed by atoms with E-state index >= 15 is 0 Å². The molecule has 0 aromatic heterocycles. The molecule has 0 unspecified atom stereocenters. The molecule has 1 fully saturated rings. The second kappa shape index (κ2) is 6.93. The number of hydrogen-bond acceptors (Lipinski definition) is 2. The van der Waals surface area contributed by atoms with Gasteiger partial charge in [0.25, 0.3) is 0 Å². The van der Waals surface area contributed by atoms with Gasteiger partial charge >= 0.3 is 0 Å². The summed E-state index contributed by atoms with van der Waals surface area (Å²) in [5.74, 6) is 0.264. The molecule has 0 radical (unpaired) electrons. The quantitative estimate of drug-likeness (QED) is 0.872. The van der Waals surface area contributed by atoms with E-state index in [0.717, 1.165) is 18.4 Å². The van der Waals surface area contributed by atoms with Crippen LogP contribution in [-0.4, -0.2) is 18.4 Å². The number of Topliss-reactive ketones (excluding diaryl/α,β-unsaturated/α-hetero) is 1. The molecule has 1 aliphatic carbocycles. The smallest absolute Gasteiger partial charge is 0.139 e. The Kier molecular flexibility index (Phi) is 5.48. The second-order valence-corrected chi connectivity index (χ2v) is 6.55. The van der Waals surface area contributed by atoms with E-state index in [0.29, 0.717) is 22.9 Å². The van der Waals surface area contributed by atoms with Crippen LogP contribution in [0, 0.1) is 0 Å². The van der Waals surface area contributed by atoms with Crippen molar-refractivity contribution >= 4 is 29.0 Å². The van der Waals surface area contributed by atoms with Gasteiger partial charge in [0.15, 0.2) is 0 Å². The molecule has 1 N–H and O–H groups in total. The highest BCUT2D eigenvalue weighted by Gasteiger charge is 2.32. The van der Waals surface area contributed by atoms with Crippen molar-refractivity contribution in [1.82, 2.24) is 5.32 Å². The number of hydrogen-bond donors (Lipinski definition) is 1. The minimum Gasteiger partial charge on any atom is -0.314 e. The zero-order chi connectivity index (χ0) is 14.6. The van der Waals surface area contributed by atoms with Crippen LogP contribution in [0.25, 0.3) is 0 Å². The molecular formula is C16H21Cl2NO. The van der Waals surface area contributed by atoms with Crippen molar-refractivity contribution in [3.05, 3.63) is 33.8 Å². The number of carbonyl (C=O) groups excluding carboxylic acids is 1. The lowest BCUT2D eigenvalue weighted by molar-refractivity contribution is -0.120. The van der Waals surface area contributed by atoms with Gasteiger partial charge in [0, 0.05) is 18.4 Å². The fourth-order valence-electron chi connectivity index (χ4n) is 3.06. The molecule has 0 bridgehead atoms. The van der Waals surface area contributed by atoms with Crippen LogP contribution in [0.1, 0.15) is 44.1 Å². The summed E-state index contributed by atoms with van der Waals surface area (Å²) in [4.78, 5) is 12.3. The van der Waals surface area contributed by atoms with Crippen molar-refractivity contribution in [2.24, 2.45) is 0 Å². The highest BCUT2D eigenvalue weighted by atomic mass is 35.5. The number of halogens is 2. The van der Waals surface area contributed by atoms with E-state index in [1.165, 1.54) is 19.3 Å². The van der Waals surface area contributed by atoms with Gasteiger partial charge in [0.1, 0.15) is 5.78 Å². The van der Waals surface area contributed by atoms with E-state index in [1.807, 2.05) is 13.1 Å². The Labute approximate surface area is 130 Å². The van der Waals surface area contributed by atoms with Crippen LogP contribution in [0.3, 0.4) is 0 Å². The fourth-order valence-corrected chi connectivity index (χ4v) is 3.38. The normalized spacial score (nSPS) is 17.9. The minimum absolute atomic E-state index is 0.00551. The number of benzene rings is 1. The first-order valence-corrected chi connectivity index (χ1v) is 7.95. The average molecular weight is 314 g/mol. The van der Waals surface area contributed by atoms with E-state index in [2.05, 4.69) is 5.32 Å². The Bertz CT molecular complexity index is 481. The van der Waals surface area contributed by atoms with Crippen LogP contribution in [0.4, 0.5) is 0 Å². The molecule has 2 nitrogen and oxygen atoms in total. The molecule has 0 amide bonds. The Morgan fingerprint density at radius 1 is 1.20 bits per heavy atom. The Morgan fingerprint density at radius 2 is 1.90 bits per heavy atom. The lowest BCUT2D eigenvalue weighted by Crippen LogP contribution is -2.46. The van der Waals surface area contributed by atoms with Crippen molar-refractivity contribution in [2.45, 2.75) is 50.5 Å². The maximum absolute atomic E-state index is 12.3. The molecule has 0 atom stereocenters. The molecule has 2 rings (SSSR count). The molecule has 110 valence electrons. The summed E-state index contributed by atoms with van der Waals surface area (Å²) in [5, 5.41) is 4.43. The van der Waals surface area contributed by atoms with E-state index < -0.39 is 0 Å². The molecule has 1 aromatic carbocycles. The molecule has 1 saturated carbocycles. The summed E-state index contributed by atoms with van der Waals surface area (Å²) in [6.07, 6.45) is 6.92. The third kappa shape index (κ3) is 3.97. The molecule has 1 aliphatic rings. The molecule has 0 saturated heterocycles. The summed E-state index contributed by atoms with van der Waals surface area (Å²) in [7, 11) is 1.97. The molecular weight excluding hydrogens is 293 g/mol. The topological polar surface area (TPSA) is 29.1 Å². The zero-order valence-corrected chi connectivity index (χ0v) is 13.4. The molecule has 0 spiro atoms. The predicted octanol–water partition coefficient (Wildman–Crippen LogP) is 4.42. The third-order valence-corrected chi connectivity index (χ3v) is 5.00. The van der Waals surface area contributed by atoms with Crippen LogP contribution in [0.15, 0.2) is 18.2 Å². The van der Waals surface area contributed by atoms with Crippen molar-refractivity contribution in [3.63, 3.8) is 0 Å². The van der Waals surface area contributed by atoms with Gasteiger partial charge in [0.2, 0.25) is 0 Å². The van der Waals surface area contributed by atoms with Gasteiger partial charge in [-0.1, -0.05) is 48.5 Å². The summed E-state index contributed by atoms with van der Waals surface area (Å²) in [5.41, 5.74) is 0.942. The van der Waals surface area contributed by atoms with E-state index in [1.54, 1.807) is 12.1 Å². The lowest BCUT2D eigenvalue weighted by Gasteiger charge is -2.36. The average Bonchev–Trinajstić information content (AvgIpc) is 2.44. The molecule has 1 aromatic rings. The van der Waals surface area contributed by atoms with Gasteiger partial charge in [0.05, 0.1) is 10.0 Å². The molecule has 0 aliphatic heterocycles. The maximum Gasteiger partial charge on any atom is 0.139 e. The number of nitrogens with one attached hydrogen (secondary N) is 1. The fraction of sp³-hybridized carbons (Fsp3) is 0.562. The first-order chi connectivity index (χ1) is 9.54. The lowest BCUT2D eigenvalue weighted by atomic mass is 9.78. The van der Waals surface area contributed by atoms with Crippen LogP contribution in [0.5, 0.6) is 0 Å². The molecule has 4 heteroatoms. The van der Waals surface area contributed by atoms with Gasteiger partial charge in [-0.2, -0.15) is 0 Å². The van der Waals surface area contributed by atoms with Crippen molar-refractivity contribution in [1.29, 1.82) is 0 Å². The van der Waals surface area contributed by atoms with Crippen LogP contribution < -0.4 is 5.32 Å². The molecule has 0 heterocycles. The third-order valence-electron chi connectivity index (χ3n) is 4.26. The van der Waals surface area contributed by atoms with Crippen molar-refractivity contribution in [2.75, 3.05) is 7.05 Å². The van der Waals surface area contributed by atoms with E-state index in [-0.39, 0.29) is 11.3 Å². The summed E-state index contributed by atoms with van der Waals surface area (Å²) in [6, 6.07) is 5.41. The summed E-state index contributed by atoms with van der Waals surface area (Å²) < 4.78 is 0. The standard InChI is InChI=1S/C16H21Cl2NO/c1-19-16(7-3-2-4-8-16)11-13(20)9-12-5-6-14(17)15(18)10-12/h5-6,10,19H,2-4,7-9,11H2,1H3. The first-order valence-electron chi connectivity index (χ1n) is 7.19. The van der Waals surface area contributed by atoms with E-state index in [9.17, 15) is 4.79 Å². The number of carbonyl (C=O) groups is 1. The second-order valence-electron chi connectivity index (χ2n) is 5.73. The predicted molar refractivity (Wildman–Crippen MR) is 84.7 cm³/mol. The summed E-state index contributed by atoms with van der Waals surface area (Å²) >= 11 is 11.9. The zero-order valence-electron chi connectivity index (χ0n) is 11.8. The maximum atomic E-state index is 12.3. The number of rotatable bonds is 5. The first kappa shape index (κ1) is 15.8. The SMILES string of the molecule is CNC1(CC(=O)Cc2ccc(Cl)c(Cl)c2)CCCCC1. The molecule has 20 heavy (non-hydrogen) atoms. The Balaban J connectivity index is 1.98. The van der Waals surface area contributed by atoms with E-state index in [4.69, 9.17) is 23.2 Å². The Morgan fingerprint density at radius 3 is 2.50 bits per heavy atom. The highest BCUT2D eigenvalue weighted by Crippen LogP contribution is 2.31. The summed E-state index contributed by atoms with van der Waals surface area (Å²) in [6.45, 7) is 0. The number of ketones is 1. The highest BCUT2D eigenvalue weighted by molar-refractivity contribution is 6.42. The van der Waals surface area contributed by atoms with Gasteiger partial charge in [-0.25, -0.2) is 0 Å². The Hall–Kier alpha value is -0.570. The minimum atomic E-state index is 0.00551. The van der Waals surface area contributed by atoms with Gasteiger partial charge in [-0.15, -0.1) is 0 Å². The van der Waals surface area contributed by atoms with Gasteiger partial charge < -0.3 is 5.32 Å². The van der Waals surface area contributed by atoms with Crippen molar-refractivity contribution in [3.8, 4) is 0 Å². The van der Waals surface area contributed by atoms with Crippen LogP contribution in [0.2, 0.25) is 10.0 Å². The van der Waals surface area contributed by atoms with Crippen molar-refractivity contribution < 1.29 is 4.79 Å². The van der Waals surface area contributed by atoms with Gasteiger partial charge in [-0.3, -0.25) is 4.79 Å².